The molecule has 0 fully saturated rings. The van der Waals surface area contributed by atoms with Gasteiger partial charge >= 0.3 is 5.97 Å². The number of carboxylic acids is 1. The first-order valence-corrected chi connectivity index (χ1v) is 7.32. The zero-order valence-electron chi connectivity index (χ0n) is 11.7. The predicted octanol–water partition coefficient (Wildman–Crippen LogP) is 3.59. The number of amides is 1. The quantitative estimate of drug-likeness (QED) is 0.909. The molecule has 0 saturated heterocycles. The van der Waals surface area contributed by atoms with Gasteiger partial charge in [-0.3, -0.25) is 9.59 Å². The number of benzene rings is 2. The van der Waals surface area contributed by atoms with Gasteiger partial charge in [0.1, 0.15) is 0 Å². The van der Waals surface area contributed by atoms with Gasteiger partial charge in [-0.15, -0.1) is 0 Å². The molecular weight excluding hydrogens is 302 g/mol. The molecular formula is C17H14ClNO3. The number of carboxylic acid groups (broad SMARTS) is 1. The van der Waals surface area contributed by atoms with E-state index in [-0.39, 0.29) is 12.3 Å². The molecule has 0 saturated carbocycles. The van der Waals surface area contributed by atoms with E-state index >= 15 is 0 Å². The zero-order chi connectivity index (χ0) is 15.7. The van der Waals surface area contributed by atoms with Crippen molar-refractivity contribution in [2.45, 2.75) is 12.8 Å². The number of carbonyl (C=O) groups is 2. The van der Waals surface area contributed by atoms with Gasteiger partial charge in [0.15, 0.2) is 0 Å². The average Bonchev–Trinajstić information content (AvgIpc) is 2.47. The molecule has 1 aliphatic rings. The summed E-state index contributed by atoms with van der Waals surface area (Å²) in [6.07, 6.45) is 0.272. The number of halogens is 1. The van der Waals surface area contributed by atoms with Crippen molar-refractivity contribution >= 4 is 29.2 Å². The monoisotopic (exact) mass is 315 g/mol. The van der Waals surface area contributed by atoms with Crippen LogP contribution in [-0.4, -0.2) is 17.0 Å². The highest BCUT2D eigenvalue weighted by Gasteiger charge is 2.28. The SMILES string of the molecule is O=C(O)CC1Cc2cc(-c3cccc(Cl)c3)ccc2NC1=O. The van der Waals surface area contributed by atoms with E-state index in [1.807, 2.05) is 42.5 Å². The molecule has 1 atom stereocenters. The third kappa shape index (κ3) is 2.97. The van der Waals surface area contributed by atoms with Crippen molar-refractivity contribution in [1.29, 1.82) is 0 Å². The van der Waals surface area contributed by atoms with Crippen molar-refractivity contribution in [2.24, 2.45) is 5.92 Å². The van der Waals surface area contributed by atoms with Crippen LogP contribution in [0.1, 0.15) is 12.0 Å². The van der Waals surface area contributed by atoms with Crippen molar-refractivity contribution in [3.8, 4) is 11.1 Å². The lowest BCUT2D eigenvalue weighted by Gasteiger charge is -2.24. The van der Waals surface area contributed by atoms with Gasteiger partial charge in [0, 0.05) is 10.7 Å². The molecule has 0 spiro atoms. The van der Waals surface area contributed by atoms with E-state index < -0.39 is 11.9 Å². The lowest BCUT2D eigenvalue weighted by Crippen LogP contribution is -2.31. The fourth-order valence-corrected chi connectivity index (χ4v) is 2.89. The summed E-state index contributed by atoms with van der Waals surface area (Å²) < 4.78 is 0. The Hall–Kier alpha value is -2.33. The highest BCUT2D eigenvalue weighted by Crippen LogP contribution is 2.32. The molecule has 2 aromatic rings. The minimum absolute atomic E-state index is 0.160. The Labute approximate surface area is 132 Å². The maximum absolute atomic E-state index is 11.9. The molecule has 1 amide bonds. The fraction of sp³-hybridized carbons (Fsp3) is 0.176. The van der Waals surface area contributed by atoms with E-state index in [0.717, 1.165) is 22.4 Å². The molecule has 0 aromatic heterocycles. The Morgan fingerprint density at radius 3 is 2.73 bits per heavy atom. The van der Waals surface area contributed by atoms with Crippen LogP contribution in [0.15, 0.2) is 42.5 Å². The van der Waals surface area contributed by atoms with E-state index in [1.54, 1.807) is 0 Å². The maximum Gasteiger partial charge on any atom is 0.304 e. The third-order valence-corrected chi connectivity index (χ3v) is 4.01. The van der Waals surface area contributed by atoms with Crippen molar-refractivity contribution < 1.29 is 14.7 Å². The Morgan fingerprint density at radius 1 is 1.23 bits per heavy atom. The van der Waals surface area contributed by atoms with Crippen LogP contribution in [0.5, 0.6) is 0 Å². The normalized spacial score (nSPS) is 16.8. The Balaban J connectivity index is 1.94. The van der Waals surface area contributed by atoms with Crippen molar-refractivity contribution in [3.05, 3.63) is 53.1 Å². The highest BCUT2D eigenvalue weighted by atomic mass is 35.5. The number of nitrogens with one attached hydrogen (secondary N) is 1. The molecule has 0 radical (unpaired) electrons. The summed E-state index contributed by atoms with van der Waals surface area (Å²) in [4.78, 5) is 22.8. The number of anilines is 1. The smallest absolute Gasteiger partial charge is 0.304 e. The second-order valence-electron chi connectivity index (χ2n) is 5.37. The van der Waals surface area contributed by atoms with Gasteiger partial charge < -0.3 is 10.4 Å². The van der Waals surface area contributed by atoms with Crippen LogP contribution >= 0.6 is 11.6 Å². The van der Waals surface area contributed by atoms with Gasteiger partial charge in [0.2, 0.25) is 5.91 Å². The summed E-state index contributed by atoms with van der Waals surface area (Å²) in [6, 6.07) is 13.3. The molecule has 4 nitrogen and oxygen atoms in total. The minimum atomic E-state index is -0.963. The summed E-state index contributed by atoms with van der Waals surface area (Å²) in [7, 11) is 0. The highest BCUT2D eigenvalue weighted by molar-refractivity contribution is 6.30. The Kier molecular flexibility index (Phi) is 3.86. The van der Waals surface area contributed by atoms with Crippen LogP contribution in [0.2, 0.25) is 5.02 Å². The molecule has 2 aromatic carbocycles. The molecule has 1 aliphatic heterocycles. The molecule has 1 heterocycles. The maximum atomic E-state index is 11.9. The number of fused-ring (bicyclic) bond motifs is 1. The summed E-state index contributed by atoms with van der Waals surface area (Å²) in [5.74, 6) is -1.72. The van der Waals surface area contributed by atoms with Crippen molar-refractivity contribution in [1.82, 2.24) is 0 Å². The van der Waals surface area contributed by atoms with Crippen LogP contribution in [-0.2, 0) is 16.0 Å². The number of rotatable bonds is 3. The van der Waals surface area contributed by atoms with Gasteiger partial charge in [-0.2, -0.15) is 0 Å². The van der Waals surface area contributed by atoms with E-state index in [0.29, 0.717) is 11.4 Å². The van der Waals surface area contributed by atoms with Crippen LogP contribution in [0.4, 0.5) is 5.69 Å². The topological polar surface area (TPSA) is 66.4 Å². The van der Waals surface area contributed by atoms with Gasteiger partial charge in [-0.25, -0.2) is 0 Å². The van der Waals surface area contributed by atoms with Gasteiger partial charge in [0.25, 0.3) is 0 Å². The average molecular weight is 316 g/mol. The zero-order valence-corrected chi connectivity index (χ0v) is 12.4. The second-order valence-corrected chi connectivity index (χ2v) is 5.81. The van der Waals surface area contributed by atoms with Crippen LogP contribution in [0.25, 0.3) is 11.1 Å². The van der Waals surface area contributed by atoms with Crippen molar-refractivity contribution in [3.63, 3.8) is 0 Å². The number of hydrogen-bond donors (Lipinski definition) is 2. The van der Waals surface area contributed by atoms with Gasteiger partial charge in [-0.1, -0.05) is 29.8 Å². The van der Waals surface area contributed by atoms with Crippen molar-refractivity contribution in [2.75, 3.05) is 5.32 Å². The summed E-state index contributed by atoms with van der Waals surface area (Å²) in [5.41, 5.74) is 3.68. The van der Waals surface area contributed by atoms with Crippen LogP contribution in [0.3, 0.4) is 0 Å². The summed E-state index contributed by atoms with van der Waals surface area (Å²) in [6.45, 7) is 0. The molecule has 112 valence electrons. The Bertz CT molecular complexity index is 757. The third-order valence-electron chi connectivity index (χ3n) is 3.78. The predicted molar refractivity (Wildman–Crippen MR) is 85.0 cm³/mol. The summed E-state index contributed by atoms with van der Waals surface area (Å²) >= 11 is 6.02. The first kappa shape index (κ1) is 14.6. The molecule has 5 heteroatoms. The minimum Gasteiger partial charge on any atom is -0.481 e. The van der Waals surface area contributed by atoms with Gasteiger partial charge in [0.05, 0.1) is 12.3 Å². The first-order valence-electron chi connectivity index (χ1n) is 6.94. The lowest BCUT2D eigenvalue weighted by atomic mass is 9.89. The number of aliphatic carboxylic acids is 1. The molecule has 3 rings (SSSR count). The van der Waals surface area contributed by atoms with E-state index in [2.05, 4.69) is 5.32 Å². The van der Waals surface area contributed by atoms with E-state index in [9.17, 15) is 9.59 Å². The molecule has 0 bridgehead atoms. The molecule has 1 unspecified atom stereocenters. The second kappa shape index (κ2) is 5.81. The van der Waals surface area contributed by atoms with Crippen LogP contribution in [0, 0.1) is 5.92 Å². The largest absolute Gasteiger partial charge is 0.481 e. The standard InChI is InChI=1S/C17H14ClNO3/c18-14-3-1-2-10(8-14)11-4-5-15-12(6-11)7-13(9-16(20)21)17(22)19-15/h1-6,8,13H,7,9H2,(H,19,22)(H,20,21). The van der Waals surface area contributed by atoms with Gasteiger partial charge in [-0.05, 0) is 47.4 Å². The summed E-state index contributed by atoms with van der Waals surface area (Å²) in [5, 5.41) is 12.3. The molecule has 2 N–H and O–H groups in total. The lowest BCUT2D eigenvalue weighted by molar-refractivity contribution is -0.140. The molecule has 22 heavy (non-hydrogen) atoms. The number of hydrogen-bond acceptors (Lipinski definition) is 2. The Morgan fingerprint density at radius 2 is 2.00 bits per heavy atom. The van der Waals surface area contributed by atoms with Crippen LogP contribution < -0.4 is 5.32 Å². The van der Waals surface area contributed by atoms with E-state index in [1.165, 1.54) is 0 Å². The molecule has 0 aliphatic carbocycles. The van der Waals surface area contributed by atoms with E-state index in [4.69, 9.17) is 16.7 Å². The number of carbonyl (C=O) groups excluding carboxylic acids is 1. The first-order chi connectivity index (χ1) is 10.5. The fourth-order valence-electron chi connectivity index (χ4n) is 2.70.